The fraction of sp³-hybridized carbons (Fsp3) is 0.462. The Hall–Kier alpha value is -1.35. The Morgan fingerprint density at radius 1 is 1.25 bits per heavy atom. The zero-order valence-electron chi connectivity index (χ0n) is 9.63. The van der Waals surface area contributed by atoms with Crippen molar-refractivity contribution in [2.24, 2.45) is 11.1 Å². The van der Waals surface area contributed by atoms with Gasteiger partial charge in [-0.05, 0) is 38.5 Å². The average molecular weight is 218 g/mol. The van der Waals surface area contributed by atoms with Crippen LogP contribution in [-0.2, 0) is 0 Å². The highest BCUT2D eigenvalue weighted by Gasteiger charge is 2.22. The van der Waals surface area contributed by atoms with E-state index in [2.05, 4.69) is 17.1 Å². The topological polar surface area (TPSA) is 35.8 Å². The summed E-state index contributed by atoms with van der Waals surface area (Å²) in [5, 5.41) is 12.7. The molecule has 0 atom stereocenters. The molecule has 1 aliphatic rings. The summed E-state index contributed by atoms with van der Waals surface area (Å²) in [6.45, 7) is 2.16. The van der Waals surface area contributed by atoms with E-state index in [9.17, 15) is 5.21 Å². The number of benzene rings is 1. The number of rotatable bonds is 2. The molecule has 1 aliphatic heterocycles. The molecule has 86 valence electrons. The maximum absolute atomic E-state index is 9.17. The van der Waals surface area contributed by atoms with Crippen molar-refractivity contribution in [3.05, 3.63) is 35.9 Å². The molecule has 1 fully saturated rings. The quantitative estimate of drug-likeness (QED) is 0.469. The highest BCUT2D eigenvalue weighted by Crippen LogP contribution is 2.21. The summed E-state index contributed by atoms with van der Waals surface area (Å²) in [5.41, 5.74) is 1.88. The minimum atomic E-state index is 0.392. The lowest BCUT2D eigenvalue weighted by Gasteiger charge is -2.29. The van der Waals surface area contributed by atoms with Gasteiger partial charge in [-0.15, -0.1) is 0 Å². The number of oxime groups is 1. The predicted octanol–water partition coefficient (Wildman–Crippen LogP) is 2.21. The van der Waals surface area contributed by atoms with Crippen molar-refractivity contribution in [2.45, 2.75) is 12.8 Å². The van der Waals surface area contributed by atoms with Crippen LogP contribution < -0.4 is 0 Å². The zero-order valence-corrected chi connectivity index (χ0v) is 9.63. The van der Waals surface area contributed by atoms with Crippen molar-refractivity contribution in [2.75, 3.05) is 20.1 Å². The molecule has 0 unspecified atom stereocenters. The fourth-order valence-electron chi connectivity index (χ4n) is 2.27. The molecule has 0 bridgehead atoms. The highest BCUT2D eigenvalue weighted by molar-refractivity contribution is 6.01. The molecule has 0 aliphatic carbocycles. The van der Waals surface area contributed by atoms with E-state index in [4.69, 9.17) is 0 Å². The molecule has 2 rings (SSSR count). The van der Waals surface area contributed by atoms with Crippen molar-refractivity contribution >= 4 is 5.71 Å². The summed E-state index contributed by atoms with van der Waals surface area (Å²) in [5.74, 6) is 0.392. The molecule has 1 heterocycles. The van der Waals surface area contributed by atoms with Gasteiger partial charge >= 0.3 is 0 Å². The number of nitrogens with zero attached hydrogens (tertiary/aromatic N) is 2. The molecule has 1 saturated heterocycles. The van der Waals surface area contributed by atoms with Crippen LogP contribution in [0, 0.1) is 5.92 Å². The lowest BCUT2D eigenvalue weighted by atomic mass is 9.88. The largest absolute Gasteiger partial charge is 0.411 e. The van der Waals surface area contributed by atoms with Gasteiger partial charge in [-0.25, -0.2) is 0 Å². The van der Waals surface area contributed by atoms with Gasteiger partial charge in [-0.2, -0.15) is 0 Å². The van der Waals surface area contributed by atoms with Crippen LogP contribution in [0.1, 0.15) is 18.4 Å². The van der Waals surface area contributed by atoms with Crippen molar-refractivity contribution in [3.63, 3.8) is 0 Å². The van der Waals surface area contributed by atoms with Crippen molar-refractivity contribution in [1.82, 2.24) is 4.90 Å². The Bertz CT molecular complexity index is 353. The van der Waals surface area contributed by atoms with E-state index in [0.29, 0.717) is 5.92 Å². The van der Waals surface area contributed by atoms with Crippen molar-refractivity contribution < 1.29 is 5.21 Å². The predicted molar refractivity (Wildman–Crippen MR) is 65.0 cm³/mol. The monoisotopic (exact) mass is 218 g/mol. The number of hydrogen-bond acceptors (Lipinski definition) is 3. The molecular formula is C13H18N2O. The summed E-state index contributed by atoms with van der Waals surface area (Å²) < 4.78 is 0. The molecule has 1 aromatic rings. The van der Waals surface area contributed by atoms with E-state index < -0.39 is 0 Å². The fourth-order valence-corrected chi connectivity index (χ4v) is 2.27. The van der Waals surface area contributed by atoms with Crippen LogP contribution in [0.15, 0.2) is 35.5 Å². The molecule has 16 heavy (non-hydrogen) atoms. The van der Waals surface area contributed by atoms with Gasteiger partial charge in [0.05, 0.1) is 5.71 Å². The molecule has 0 saturated carbocycles. The molecule has 1 aromatic carbocycles. The summed E-state index contributed by atoms with van der Waals surface area (Å²) in [7, 11) is 2.13. The zero-order chi connectivity index (χ0) is 11.4. The molecule has 0 amide bonds. The third-order valence-electron chi connectivity index (χ3n) is 3.28. The molecule has 0 spiro atoms. The van der Waals surface area contributed by atoms with Crippen molar-refractivity contribution in [3.8, 4) is 0 Å². The Morgan fingerprint density at radius 2 is 1.88 bits per heavy atom. The second-order valence-corrected chi connectivity index (χ2v) is 4.43. The maximum atomic E-state index is 9.17. The van der Waals surface area contributed by atoms with Crippen LogP contribution in [0.3, 0.4) is 0 Å². The van der Waals surface area contributed by atoms with Gasteiger partial charge in [0.1, 0.15) is 0 Å². The molecule has 1 N–H and O–H groups in total. The first-order valence-corrected chi connectivity index (χ1v) is 5.77. The van der Waals surface area contributed by atoms with Gasteiger partial charge in [-0.3, -0.25) is 0 Å². The van der Waals surface area contributed by atoms with E-state index in [1.165, 1.54) is 0 Å². The van der Waals surface area contributed by atoms with E-state index >= 15 is 0 Å². The Balaban J connectivity index is 2.12. The van der Waals surface area contributed by atoms with E-state index in [1.54, 1.807) is 0 Å². The van der Waals surface area contributed by atoms with Gasteiger partial charge in [0, 0.05) is 5.92 Å². The first kappa shape index (κ1) is 11.1. The minimum absolute atomic E-state index is 0.392. The Kier molecular flexibility index (Phi) is 3.57. The van der Waals surface area contributed by atoms with Gasteiger partial charge in [-0.1, -0.05) is 35.5 Å². The lowest BCUT2D eigenvalue weighted by molar-refractivity contribution is 0.246. The van der Waals surface area contributed by atoms with Crippen LogP contribution in [-0.4, -0.2) is 36.0 Å². The third kappa shape index (κ3) is 2.42. The normalized spacial score (nSPS) is 19.9. The summed E-state index contributed by atoms with van der Waals surface area (Å²) >= 11 is 0. The molecule has 3 heteroatoms. The van der Waals surface area contributed by atoms with Crippen LogP contribution >= 0.6 is 0 Å². The minimum Gasteiger partial charge on any atom is -0.411 e. The van der Waals surface area contributed by atoms with Gasteiger partial charge in [0.15, 0.2) is 0 Å². The first-order valence-electron chi connectivity index (χ1n) is 5.77. The van der Waals surface area contributed by atoms with E-state index in [0.717, 1.165) is 37.2 Å². The van der Waals surface area contributed by atoms with Gasteiger partial charge < -0.3 is 10.1 Å². The van der Waals surface area contributed by atoms with Gasteiger partial charge in [0.2, 0.25) is 0 Å². The molecular weight excluding hydrogens is 200 g/mol. The summed E-state index contributed by atoms with van der Waals surface area (Å²) in [6, 6.07) is 9.96. The first-order chi connectivity index (χ1) is 7.81. The average Bonchev–Trinajstić information content (AvgIpc) is 2.34. The third-order valence-corrected chi connectivity index (χ3v) is 3.28. The van der Waals surface area contributed by atoms with Crippen LogP contribution in [0.2, 0.25) is 0 Å². The van der Waals surface area contributed by atoms with Crippen LogP contribution in [0.4, 0.5) is 0 Å². The SMILES string of the molecule is CN1CCC(/C(=N/O)c2ccccc2)CC1. The highest BCUT2D eigenvalue weighted by atomic mass is 16.4. The lowest BCUT2D eigenvalue weighted by Crippen LogP contribution is -2.33. The van der Waals surface area contributed by atoms with Crippen LogP contribution in [0.25, 0.3) is 0 Å². The van der Waals surface area contributed by atoms with Crippen LogP contribution in [0.5, 0.6) is 0 Å². The second kappa shape index (κ2) is 5.12. The summed E-state index contributed by atoms with van der Waals surface area (Å²) in [6.07, 6.45) is 2.15. The maximum Gasteiger partial charge on any atom is 0.0899 e. The Morgan fingerprint density at radius 3 is 2.44 bits per heavy atom. The standard InChI is InChI=1S/C13H18N2O/c1-15-9-7-12(8-10-15)13(14-16)11-5-3-2-4-6-11/h2-6,12,16H,7-10H2,1H3/b14-13+. The molecule has 0 aromatic heterocycles. The van der Waals surface area contributed by atoms with Crippen molar-refractivity contribution in [1.29, 1.82) is 0 Å². The smallest absolute Gasteiger partial charge is 0.0899 e. The number of piperidine rings is 1. The number of likely N-dealkylation sites (tertiary alicyclic amines) is 1. The van der Waals surface area contributed by atoms with E-state index in [-0.39, 0.29) is 0 Å². The molecule has 3 nitrogen and oxygen atoms in total. The Labute approximate surface area is 96.4 Å². The molecule has 0 radical (unpaired) electrons. The van der Waals surface area contributed by atoms with Gasteiger partial charge in [0.25, 0.3) is 0 Å². The second-order valence-electron chi connectivity index (χ2n) is 4.43. The summed E-state index contributed by atoms with van der Waals surface area (Å²) in [4.78, 5) is 2.32. The number of hydrogen-bond donors (Lipinski definition) is 1. The van der Waals surface area contributed by atoms with E-state index in [1.807, 2.05) is 30.3 Å².